The van der Waals surface area contributed by atoms with Gasteiger partial charge >= 0.3 is 0 Å². The van der Waals surface area contributed by atoms with E-state index in [1.807, 2.05) is 19.1 Å². The number of ether oxygens (including phenoxy) is 3. The molecule has 2 aromatic carbocycles. The third-order valence-electron chi connectivity index (χ3n) is 10.2. The van der Waals surface area contributed by atoms with Gasteiger partial charge in [-0.3, -0.25) is 14.3 Å². The van der Waals surface area contributed by atoms with E-state index in [2.05, 4.69) is 43.4 Å². The van der Waals surface area contributed by atoms with Crippen LogP contribution < -0.4 is 19.1 Å². The lowest BCUT2D eigenvalue weighted by atomic mass is 9.70. The van der Waals surface area contributed by atoms with Gasteiger partial charge in [-0.1, -0.05) is 36.7 Å². The summed E-state index contributed by atoms with van der Waals surface area (Å²) in [5.74, 6) is 0.275. The van der Waals surface area contributed by atoms with Crippen molar-refractivity contribution in [1.82, 2.24) is 14.5 Å². The molecule has 3 aliphatic heterocycles. The number of halogens is 1. The van der Waals surface area contributed by atoms with Crippen LogP contribution in [0.3, 0.4) is 0 Å². The van der Waals surface area contributed by atoms with Gasteiger partial charge in [0.15, 0.2) is 5.69 Å². The average Bonchev–Trinajstić information content (AvgIpc) is 3.68. The zero-order chi connectivity index (χ0) is 34.8. The molecule has 13 heteroatoms. The maximum absolute atomic E-state index is 14.5. The molecular weight excluding hydrogens is 678 g/mol. The lowest BCUT2D eigenvalue weighted by molar-refractivity contribution is 0.0133. The van der Waals surface area contributed by atoms with Gasteiger partial charge in [-0.2, -0.15) is 5.10 Å². The predicted molar refractivity (Wildman–Crippen MR) is 192 cm³/mol. The van der Waals surface area contributed by atoms with Gasteiger partial charge in [0.1, 0.15) is 22.3 Å². The molecule has 0 radical (unpaired) electrons. The lowest BCUT2D eigenvalue weighted by Crippen LogP contribution is -2.43. The zero-order valence-electron chi connectivity index (χ0n) is 28.5. The Morgan fingerprint density at radius 2 is 1.96 bits per heavy atom. The van der Waals surface area contributed by atoms with E-state index < -0.39 is 21.7 Å². The van der Waals surface area contributed by atoms with Gasteiger partial charge in [0.2, 0.25) is 5.88 Å². The van der Waals surface area contributed by atoms with Crippen molar-refractivity contribution >= 4 is 39.0 Å². The van der Waals surface area contributed by atoms with Crippen LogP contribution in [0.2, 0.25) is 5.02 Å². The van der Waals surface area contributed by atoms with Crippen molar-refractivity contribution in [3.05, 3.63) is 82.0 Å². The maximum Gasteiger partial charge on any atom is 0.286 e. The number of carbonyl (C=O) groups is 2. The Hall–Kier alpha value is -3.87. The van der Waals surface area contributed by atoms with Crippen molar-refractivity contribution in [2.24, 2.45) is 22.1 Å². The summed E-state index contributed by atoms with van der Waals surface area (Å²) >= 11 is 6.46. The van der Waals surface area contributed by atoms with Crippen LogP contribution in [0.5, 0.6) is 11.6 Å². The van der Waals surface area contributed by atoms with Gasteiger partial charge in [-0.25, -0.2) is 8.89 Å². The fourth-order valence-corrected chi connectivity index (χ4v) is 9.47. The van der Waals surface area contributed by atoms with Crippen LogP contribution in [-0.2, 0) is 34.2 Å². The lowest BCUT2D eigenvalue weighted by Gasteiger charge is -2.43. The Morgan fingerprint density at radius 3 is 2.76 bits per heavy atom. The quantitative estimate of drug-likeness (QED) is 0.316. The molecule has 50 heavy (non-hydrogen) atoms. The van der Waals surface area contributed by atoms with Crippen LogP contribution in [-0.4, -0.2) is 64.5 Å². The summed E-state index contributed by atoms with van der Waals surface area (Å²) in [6, 6.07) is 12.9. The molecule has 1 unspecified atom stereocenters. The second-order valence-electron chi connectivity index (χ2n) is 13.8. The van der Waals surface area contributed by atoms with Crippen molar-refractivity contribution < 1.29 is 28.0 Å². The van der Waals surface area contributed by atoms with E-state index in [1.165, 1.54) is 17.2 Å². The summed E-state index contributed by atoms with van der Waals surface area (Å²) in [6.07, 6.45) is 9.48. The fourth-order valence-electron chi connectivity index (χ4n) is 7.40. The van der Waals surface area contributed by atoms with Crippen LogP contribution in [0.4, 0.5) is 5.69 Å². The number of nitrogens with one attached hydrogen (secondary N) is 1. The molecule has 1 aliphatic carbocycles. The van der Waals surface area contributed by atoms with Crippen molar-refractivity contribution in [1.29, 1.82) is 0 Å². The van der Waals surface area contributed by atoms with Crippen molar-refractivity contribution in [2.75, 3.05) is 37.5 Å². The van der Waals surface area contributed by atoms with Crippen LogP contribution in [0.25, 0.3) is 0 Å². The van der Waals surface area contributed by atoms with E-state index in [-0.39, 0.29) is 29.0 Å². The van der Waals surface area contributed by atoms with Crippen LogP contribution >= 0.6 is 11.6 Å². The number of hydrogen-bond donors (Lipinski definition) is 1. The molecule has 1 saturated carbocycles. The first kappa shape index (κ1) is 34.6. The second kappa shape index (κ2) is 14.8. The molecule has 0 saturated heterocycles. The molecule has 1 fully saturated rings. The minimum Gasteiger partial charge on any atom is -0.491 e. The molecule has 2 bridgehead atoms. The number of hydrogen-bond acceptors (Lipinski definition) is 8. The zero-order valence-corrected chi connectivity index (χ0v) is 30.1. The normalized spacial score (nSPS) is 27.5. The first-order valence-corrected chi connectivity index (χ1v) is 19.5. The van der Waals surface area contributed by atoms with E-state index in [4.69, 9.17) is 25.8 Å². The number of amides is 2. The van der Waals surface area contributed by atoms with Crippen molar-refractivity contribution in [2.45, 2.75) is 64.6 Å². The van der Waals surface area contributed by atoms with E-state index in [9.17, 15) is 13.8 Å². The van der Waals surface area contributed by atoms with E-state index in [0.29, 0.717) is 61.2 Å². The average molecular weight is 722 g/mol. The molecule has 266 valence electrons. The smallest absolute Gasteiger partial charge is 0.286 e. The molecule has 3 aromatic rings. The summed E-state index contributed by atoms with van der Waals surface area (Å²) < 4.78 is 40.9. The number of methoxy groups -OCH3 is 1. The highest BCUT2D eigenvalue weighted by Crippen LogP contribution is 2.42. The Morgan fingerprint density at radius 1 is 1.08 bits per heavy atom. The minimum atomic E-state index is -3.58. The maximum atomic E-state index is 14.5. The van der Waals surface area contributed by atoms with E-state index in [0.717, 1.165) is 44.3 Å². The first-order valence-electron chi connectivity index (χ1n) is 17.5. The molecule has 1 aromatic heterocycles. The number of nitrogens with zero attached hydrogens (tertiary/aromatic N) is 4. The topological polar surface area (TPSA) is 124 Å². The van der Waals surface area contributed by atoms with Gasteiger partial charge in [-0.05, 0) is 97.7 Å². The number of aromatic nitrogens is 2. The van der Waals surface area contributed by atoms with Gasteiger partial charge in [-0.15, -0.1) is 4.36 Å². The van der Waals surface area contributed by atoms with E-state index in [1.54, 1.807) is 23.9 Å². The standard InChI is InChI=1S/C37H44ClN5O6S/c1-24-6-5-8-33(47-2)30-13-10-28(30)22-42-21-27-9-12-29(38)18-25(27)7-3-4-16-48-34-14-11-26(19-32(34)42)36(44)40-50(46,23-24)41-37(45)31-20-35-43(39-31)15-17-49-35/h5,8-9,11-12,14,18-20,24,28,30,33H,3-4,6-7,10,13,15-17,21-23H2,1-2H3,(H,40,41,44,45,46)/b8-5+/t24-,28-,30+,33-,50?/m0/s1. The van der Waals surface area contributed by atoms with E-state index >= 15 is 0 Å². The predicted octanol–water partition coefficient (Wildman–Crippen LogP) is 6.24. The van der Waals surface area contributed by atoms with Gasteiger partial charge in [0, 0.05) is 36.9 Å². The third-order valence-corrected chi connectivity index (χ3v) is 12.4. The third kappa shape index (κ3) is 7.57. The number of anilines is 1. The number of fused-ring (bicyclic) bond motifs is 4. The second-order valence-corrected chi connectivity index (χ2v) is 16.3. The number of carbonyl (C=O) groups excluding carboxylic acids is 2. The minimum absolute atomic E-state index is 0.0257. The molecule has 4 heterocycles. The molecule has 0 spiro atoms. The molecule has 2 amide bonds. The van der Waals surface area contributed by atoms with Crippen LogP contribution in [0, 0.1) is 17.8 Å². The summed E-state index contributed by atoms with van der Waals surface area (Å²) in [4.78, 5) is 29.7. The van der Waals surface area contributed by atoms with Gasteiger partial charge < -0.3 is 19.1 Å². The van der Waals surface area contributed by atoms with Crippen LogP contribution in [0.15, 0.2) is 59.0 Å². The monoisotopic (exact) mass is 721 g/mol. The highest BCUT2D eigenvalue weighted by Gasteiger charge is 2.38. The molecule has 7 rings (SSSR count). The molecular formula is C37H44ClN5O6S. The summed E-state index contributed by atoms with van der Waals surface area (Å²) in [5, 5.41) is 5.00. The van der Waals surface area contributed by atoms with Gasteiger partial charge in [0.25, 0.3) is 11.8 Å². The summed E-state index contributed by atoms with van der Waals surface area (Å²) in [5.41, 5.74) is 3.47. The van der Waals surface area contributed by atoms with Crippen LogP contribution in [0.1, 0.15) is 71.0 Å². The Balaban J connectivity index is 1.30. The number of aryl methyl sites for hydroxylation is 1. The number of allylic oxidation sites excluding steroid dienone is 1. The summed E-state index contributed by atoms with van der Waals surface area (Å²) in [6.45, 7) is 4.78. The molecule has 4 aliphatic rings. The highest BCUT2D eigenvalue weighted by molar-refractivity contribution is 7.92. The van der Waals surface area contributed by atoms with Crippen molar-refractivity contribution in [3.63, 3.8) is 0 Å². The van der Waals surface area contributed by atoms with Crippen molar-refractivity contribution in [3.8, 4) is 11.6 Å². The Kier molecular flexibility index (Phi) is 10.2. The summed E-state index contributed by atoms with van der Waals surface area (Å²) in [7, 11) is -1.83. The molecule has 11 nitrogen and oxygen atoms in total. The SMILES string of the molecule is CO[C@H]1/C=C/C[C@H](C)CS(=O)(NC(=O)c2cc3n(n2)CCO3)=NC(=O)c2ccc3c(c2)N(Cc2ccc(Cl)cc2CCCCO3)C[C@@H]2CC[C@H]21. The molecule has 1 N–H and O–H groups in total. The Labute approximate surface area is 298 Å². The first-order chi connectivity index (χ1) is 24.2. The Bertz CT molecular complexity index is 1900. The largest absolute Gasteiger partial charge is 0.491 e. The fraction of sp³-hybridized carbons (Fsp3) is 0.486. The number of rotatable bonds is 3. The number of benzene rings is 2. The van der Waals surface area contributed by atoms with Gasteiger partial charge in [0.05, 0.1) is 30.7 Å². The highest BCUT2D eigenvalue weighted by atomic mass is 35.5. The molecule has 5 atom stereocenters.